The second-order valence-corrected chi connectivity index (χ2v) is 14.6. The summed E-state index contributed by atoms with van der Waals surface area (Å²) in [5.74, 6) is 0. The van der Waals surface area contributed by atoms with E-state index in [2.05, 4.69) is 172 Å². The van der Waals surface area contributed by atoms with E-state index in [1.54, 1.807) is 0 Å². The van der Waals surface area contributed by atoms with E-state index in [0.29, 0.717) is 0 Å². The number of hydrogen-bond donors (Lipinski definition) is 0. The molecule has 0 N–H and O–H groups in total. The number of hydrogen-bond acceptors (Lipinski definition) is 1. The van der Waals surface area contributed by atoms with Crippen LogP contribution in [0, 0.1) is 0 Å². The lowest BCUT2D eigenvalue weighted by molar-refractivity contribution is 0.669. The van der Waals surface area contributed by atoms with Crippen molar-refractivity contribution in [3.8, 4) is 33.4 Å². The standard InChI is InChI=1S/C42H34B8O/c43-35-31-29(23-14-7-6-13-22(23)19-9-2-1-3-10-19)32-34(38(46)42(50)40(48)36(32)44)30(33(31)37(45)41(49)39(35)47)24-15-8-16-26-28(24)25-17-20-11-4-5-12-21(20)18-27(25)51-26/h1-18H,43-50H2. The lowest BCUT2D eigenvalue weighted by Gasteiger charge is -2.29. The maximum absolute atomic E-state index is 6.70. The Morgan fingerprint density at radius 3 is 1.35 bits per heavy atom. The molecule has 0 saturated carbocycles. The third-order valence-electron chi connectivity index (χ3n) is 12.3. The van der Waals surface area contributed by atoms with Crippen LogP contribution in [0.5, 0.6) is 0 Å². The zero-order valence-electron chi connectivity index (χ0n) is 30.8. The Morgan fingerprint density at radius 1 is 0.333 bits per heavy atom. The molecule has 0 spiro atoms. The third kappa shape index (κ3) is 4.53. The quantitative estimate of drug-likeness (QED) is 0.163. The van der Waals surface area contributed by atoms with Crippen molar-refractivity contribution < 1.29 is 4.42 Å². The van der Waals surface area contributed by atoms with E-state index in [0.717, 1.165) is 16.6 Å². The predicted molar refractivity (Wildman–Crippen MR) is 248 cm³/mol. The smallest absolute Gasteiger partial charge is 0.139 e. The molecule has 0 radical (unpaired) electrons. The SMILES string of the molecule is Bc1c(B)c(B)c2c(-c3cccc4oc5cc6ccccc6cc5c34)c3c(B)c(B)c(B)c(B)c3c(-c3ccccc3-c3ccccc3)c2c1B. The van der Waals surface area contributed by atoms with Gasteiger partial charge in [0.2, 0.25) is 0 Å². The van der Waals surface area contributed by atoms with E-state index in [-0.39, 0.29) is 0 Å². The Bertz CT molecular complexity index is 2870. The molecule has 0 bridgehead atoms. The molecule has 0 amide bonds. The van der Waals surface area contributed by atoms with Crippen LogP contribution in [0.25, 0.3) is 87.6 Å². The molecule has 0 aliphatic rings. The highest BCUT2D eigenvalue weighted by atomic mass is 16.3. The summed E-state index contributed by atoms with van der Waals surface area (Å²) in [6, 6.07) is 39.7. The normalized spacial score (nSPS) is 11.8. The molecular formula is C42H34B8O. The van der Waals surface area contributed by atoms with Crippen molar-refractivity contribution in [3.05, 3.63) is 109 Å². The molecule has 9 heteroatoms. The van der Waals surface area contributed by atoms with Crippen molar-refractivity contribution in [1.82, 2.24) is 0 Å². The van der Waals surface area contributed by atoms with Crippen LogP contribution in [0.2, 0.25) is 0 Å². The first-order chi connectivity index (χ1) is 24.7. The van der Waals surface area contributed by atoms with Crippen molar-refractivity contribution in [2.24, 2.45) is 0 Å². The van der Waals surface area contributed by atoms with Crippen LogP contribution in [0.4, 0.5) is 0 Å². The van der Waals surface area contributed by atoms with Gasteiger partial charge in [-0.15, -0.1) is 21.9 Å². The van der Waals surface area contributed by atoms with Crippen molar-refractivity contribution in [1.29, 1.82) is 0 Å². The molecule has 0 unspecified atom stereocenters. The summed E-state index contributed by atoms with van der Waals surface area (Å²) in [7, 11) is 18.6. The molecule has 0 fully saturated rings. The molecule has 9 aromatic rings. The molecule has 51 heavy (non-hydrogen) atoms. The number of benzene rings is 8. The van der Waals surface area contributed by atoms with Gasteiger partial charge in [0, 0.05) is 10.8 Å². The Balaban J connectivity index is 1.58. The van der Waals surface area contributed by atoms with Crippen LogP contribution in [-0.4, -0.2) is 62.8 Å². The van der Waals surface area contributed by atoms with Gasteiger partial charge in [-0.05, 0) is 83.9 Å². The molecular weight excluding hydrogens is 607 g/mol. The molecule has 1 nitrogen and oxygen atoms in total. The molecule has 1 aromatic heterocycles. The molecule has 8 aromatic carbocycles. The first-order valence-electron chi connectivity index (χ1n) is 18.1. The Labute approximate surface area is 306 Å². The summed E-state index contributed by atoms with van der Waals surface area (Å²) in [6.07, 6.45) is 0. The van der Waals surface area contributed by atoms with E-state index in [9.17, 15) is 0 Å². The van der Waals surface area contributed by atoms with E-state index >= 15 is 0 Å². The largest absolute Gasteiger partial charge is 0.456 e. The van der Waals surface area contributed by atoms with Gasteiger partial charge >= 0.3 is 0 Å². The van der Waals surface area contributed by atoms with Crippen LogP contribution >= 0.6 is 0 Å². The van der Waals surface area contributed by atoms with Gasteiger partial charge in [0.1, 0.15) is 73.9 Å². The zero-order chi connectivity index (χ0) is 35.3. The van der Waals surface area contributed by atoms with Crippen molar-refractivity contribution in [2.45, 2.75) is 0 Å². The highest BCUT2D eigenvalue weighted by Gasteiger charge is 2.27. The van der Waals surface area contributed by atoms with Crippen molar-refractivity contribution in [2.75, 3.05) is 0 Å². The van der Waals surface area contributed by atoms with Gasteiger partial charge < -0.3 is 4.42 Å². The second kappa shape index (κ2) is 11.7. The van der Waals surface area contributed by atoms with Gasteiger partial charge in [-0.2, -0.15) is 0 Å². The van der Waals surface area contributed by atoms with Gasteiger partial charge in [0.25, 0.3) is 0 Å². The predicted octanol–water partition coefficient (Wildman–Crippen LogP) is -1.89. The van der Waals surface area contributed by atoms with Gasteiger partial charge in [0.15, 0.2) is 0 Å². The van der Waals surface area contributed by atoms with Crippen molar-refractivity contribution >= 4 is 161 Å². The summed E-state index contributed by atoms with van der Waals surface area (Å²) in [5.41, 5.74) is 20.3. The summed E-state index contributed by atoms with van der Waals surface area (Å²) in [5, 5.41) is 10.1. The maximum Gasteiger partial charge on any atom is 0.139 e. The lowest BCUT2D eigenvalue weighted by Crippen LogP contribution is -2.50. The first kappa shape index (κ1) is 31.8. The molecule has 1 heterocycles. The fraction of sp³-hybridized carbons (Fsp3) is 0. The van der Waals surface area contributed by atoms with Gasteiger partial charge in [-0.3, -0.25) is 0 Å². The average Bonchev–Trinajstić information content (AvgIpc) is 3.53. The van der Waals surface area contributed by atoms with E-state index < -0.39 is 0 Å². The minimum atomic E-state index is 0.925. The lowest BCUT2D eigenvalue weighted by atomic mass is 9.59. The summed E-state index contributed by atoms with van der Waals surface area (Å²) in [4.78, 5) is 0. The maximum atomic E-state index is 6.70. The monoisotopic (exact) mass is 642 g/mol. The van der Waals surface area contributed by atoms with E-state index in [4.69, 9.17) is 4.42 Å². The zero-order valence-corrected chi connectivity index (χ0v) is 30.8. The van der Waals surface area contributed by atoms with Crippen LogP contribution in [0.1, 0.15) is 0 Å². The minimum Gasteiger partial charge on any atom is -0.456 e. The third-order valence-corrected chi connectivity index (χ3v) is 12.3. The highest BCUT2D eigenvalue weighted by molar-refractivity contribution is 6.71. The average molecular weight is 641 g/mol. The molecule has 9 rings (SSSR count). The molecule has 0 aliphatic heterocycles. The topological polar surface area (TPSA) is 13.1 Å². The minimum absolute atomic E-state index is 0.925. The molecule has 232 valence electrons. The number of fused-ring (bicyclic) bond motifs is 6. The number of furan rings is 1. The van der Waals surface area contributed by atoms with E-state index in [1.807, 2.05) is 0 Å². The fourth-order valence-electron chi connectivity index (χ4n) is 8.95. The molecule has 0 saturated heterocycles. The molecule has 0 aliphatic carbocycles. The molecule has 0 atom stereocenters. The summed E-state index contributed by atoms with van der Waals surface area (Å²) >= 11 is 0. The van der Waals surface area contributed by atoms with Gasteiger partial charge in [0.05, 0.1) is 0 Å². The highest BCUT2D eigenvalue weighted by Crippen LogP contribution is 2.46. The van der Waals surface area contributed by atoms with Crippen molar-refractivity contribution in [3.63, 3.8) is 0 Å². The second-order valence-electron chi connectivity index (χ2n) is 14.6. The Kier molecular flexibility index (Phi) is 7.30. The summed E-state index contributed by atoms with van der Waals surface area (Å²) in [6.45, 7) is 0. The van der Waals surface area contributed by atoms with Crippen LogP contribution in [0.15, 0.2) is 114 Å². The van der Waals surface area contributed by atoms with Gasteiger partial charge in [-0.1, -0.05) is 113 Å². The van der Waals surface area contributed by atoms with Crippen LogP contribution in [-0.2, 0) is 0 Å². The Hall–Kier alpha value is -5.14. The fourth-order valence-corrected chi connectivity index (χ4v) is 8.95. The first-order valence-corrected chi connectivity index (χ1v) is 18.1. The summed E-state index contributed by atoms with van der Waals surface area (Å²) < 4.78 is 6.70. The van der Waals surface area contributed by atoms with Crippen LogP contribution in [0.3, 0.4) is 0 Å². The Morgan fingerprint density at radius 2 is 0.784 bits per heavy atom. The van der Waals surface area contributed by atoms with E-state index in [1.165, 1.54) is 115 Å². The van der Waals surface area contributed by atoms with Gasteiger partial charge in [-0.25, -0.2) is 0 Å². The number of rotatable bonds is 3. The van der Waals surface area contributed by atoms with Crippen LogP contribution < -0.4 is 43.7 Å².